The normalized spacial score (nSPS) is 12.5. The van der Waals surface area contributed by atoms with Crippen LogP contribution in [0, 0.1) is 0 Å². The minimum Gasteiger partial charge on any atom is -0.293 e. The summed E-state index contributed by atoms with van der Waals surface area (Å²) in [5.74, 6) is 0.937. The lowest BCUT2D eigenvalue weighted by atomic mass is 10.2. The smallest absolute Gasteiger partial charge is 0.171 e. The van der Waals surface area contributed by atoms with Gasteiger partial charge in [-0.25, -0.2) is 0 Å². The van der Waals surface area contributed by atoms with Crippen LogP contribution in [-0.2, 0) is 0 Å². The lowest BCUT2D eigenvalue weighted by molar-refractivity contribution is 0.102. The maximum atomic E-state index is 11.7. The van der Waals surface area contributed by atoms with Gasteiger partial charge in [0.2, 0.25) is 0 Å². The van der Waals surface area contributed by atoms with Crippen LogP contribution in [0.1, 0.15) is 10.4 Å². The van der Waals surface area contributed by atoms with E-state index in [4.69, 9.17) is 0 Å². The molecule has 0 saturated carbocycles. The van der Waals surface area contributed by atoms with E-state index in [1.807, 2.05) is 30.3 Å². The highest BCUT2D eigenvalue weighted by atomic mass is 127. The molecule has 72 valence electrons. The number of rotatable bonds is 3. The van der Waals surface area contributed by atoms with E-state index in [2.05, 4.69) is 33.7 Å². The van der Waals surface area contributed by atoms with Crippen LogP contribution in [0.4, 0.5) is 0 Å². The Morgan fingerprint density at radius 2 is 1.85 bits per heavy atom. The fourth-order valence-corrected chi connectivity index (χ4v) is 2.66. The van der Waals surface area contributed by atoms with Gasteiger partial charge in [0.25, 0.3) is 0 Å². The van der Waals surface area contributed by atoms with Crippen LogP contribution in [0.2, 0.25) is 0 Å². The molecular weight excluding hydrogens is 295 g/mol. The van der Waals surface area contributed by atoms with E-state index in [9.17, 15) is 4.79 Å². The second-order valence-electron chi connectivity index (χ2n) is 3.34. The molecule has 0 heterocycles. The third-order valence-corrected chi connectivity index (χ3v) is 3.45. The summed E-state index contributed by atoms with van der Waals surface area (Å²) in [6.45, 7) is 0. The second-order valence-corrected chi connectivity index (χ2v) is 13.6. The van der Waals surface area contributed by atoms with Crippen molar-refractivity contribution in [2.45, 2.75) is 0 Å². The topological polar surface area (TPSA) is 17.1 Å². The Morgan fingerprint density at radius 3 is 2.31 bits per heavy atom. The predicted molar refractivity (Wildman–Crippen MR) is 69.1 cm³/mol. The molecule has 0 saturated heterocycles. The zero-order valence-corrected chi connectivity index (χ0v) is 10.8. The molecule has 3 heteroatoms. The summed E-state index contributed by atoms with van der Waals surface area (Å²) < 4.78 is 0. The van der Waals surface area contributed by atoms with Crippen LogP contribution in [0.25, 0.3) is 0 Å². The first-order valence-electron chi connectivity index (χ1n) is 3.98. The first-order chi connectivity index (χ1) is 5.99. The predicted octanol–water partition coefficient (Wildman–Crippen LogP) is 3.28. The SMILES string of the molecule is CS(C)(I)CC(=O)c1ccccc1. The standard InChI is InChI=1S/C10H13IOS/c1-13(2,11)8-10(12)9-6-4-3-5-7-9/h3-7H,8H2,1-2H3. The maximum Gasteiger partial charge on any atom is 0.171 e. The Balaban J connectivity index is 2.71. The number of ketones is 1. The zero-order valence-electron chi connectivity index (χ0n) is 7.79. The highest BCUT2D eigenvalue weighted by Gasteiger charge is 2.13. The molecule has 0 amide bonds. The molecule has 0 radical (unpaired) electrons. The Labute approximate surface area is 92.8 Å². The molecule has 0 aliphatic rings. The molecule has 0 N–H and O–H groups in total. The highest BCUT2D eigenvalue weighted by Crippen LogP contribution is 2.48. The largest absolute Gasteiger partial charge is 0.293 e. The first kappa shape index (κ1) is 11.0. The fraction of sp³-hybridized carbons (Fsp3) is 0.300. The lowest BCUT2D eigenvalue weighted by Crippen LogP contribution is -2.08. The van der Waals surface area contributed by atoms with Gasteiger partial charge in [0.05, 0.1) is 0 Å². The van der Waals surface area contributed by atoms with Crippen LogP contribution in [0.3, 0.4) is 0 Å². The molecule has 1 rings (SSSR count). The van der Waals surface area contributed by atoms with Gasteiger partial charge in [0.15, 0.2) is 5.78 Å². The molecule has 0 aliphatic heterocycles. The molecule has 0 bridgehead atoms. The van der Waals surface area contributed by atoms with Crippen LogP contribution in [0.5, 0.6) is 0 Å². The van der Waals surface area contributed by atoms with E-state index >= 15 is 0 Å². The summed E-state index contributed by atoms with van der Waals surface area (Å²) in [7, 11) is -0.751. The van der Waals surface area contributed by atoms with E-state index < -0.39 is 7.20 Å². The van der Waals surface area contributed by atoms with Crippen LogP contribution in [-0.4, -0.2) is 24.0 Å². The minimum absolute atomic E-state index is 0.259. The molecule has 1 aromatic carbocycles. The number of hydrogen-bond donors (Lipinski definition) is 0. The van der Waals surface area contributed by atoms with Gasteiger partial charge in [0, 0.05) is 11.3 Å². The van der Waals surface area contributed by atoms with Crippen LogP contribution >= 0.6 is 28.4 Å². The highest BCUT2D eigenvalue weighted by molar-refractivity contribution is 14.2. The molecule has 0 atom stereocenters. The summed E-state index contributed by atoms with van der Waals surface area (Å²) in [5.41, 5.74) is 0.833. The molecule has 0 aromatic heterocycles. The number of benzene rings is 1. The van der Waals surface area contributed by atoms with Gasteiger partial charge < -0.3 is 0 Å². The van der Waals surface area contributed by atoms with Gasteiger partial charge in [0.1, 0.15) is 0 Å². The lowest BCUT2D eigenvalue weighted by Gasteiger charge is -2.20. The Kier molecular flexibility index (Phi) is 3.79. The van der Waals surface area contributed by atoms with Gasteiger partial charge in [-0.3, -0.25) is 4.79 Å². The van der Waals surface area contributed by atoms with Crippen molar-refractivity contribution in [1.82, 2.24) is 0 Å². The molecule has 1 nitrogen and oxygen atoms in total. The zero-order chi connectivity index (χ0) is 9.90. The second kappa shape index (κ2) is 4.46. The molecule has 1 aromatic rings. The minimum atomic E-state index is -0.751. The molecule has 0 fully saturated rings. The van der Waals surface area contributed by atoms with E-state index in [-0.39, 0.29) is 5.78 Å². The first-order valence-corrected chi connectivity index (χ1v) is 9.14. The quantitative estimate of drug-likeness (QED) is 0.618. The summed E-state index contributed by atoms with van der Waals surface area (Å²) in [5, 5.41) is 0. The van der Waals surface area contributed by atoms with Crippen molar-refractivity contribution in [2.75, 3.05) is 18.3 Å². The van der Waals surface area contributed by atoms with Gasteiger partial charge >= 0.3 is 0 Å². The number of hydrogen-bond acceptors (Lipinski definition) is 1. The number of carbonyl (C=O) groups is 1. The van der Waals surface area contributed by atoms with E-state index in [1.165, 1.54) is 0 Å². The van der Waals surface area contributed by atoms with Crippen molar-refractivity contribution in [1.29, 1.82) is 0 Å². The summed E-state index contributed by atoms with van der Waals surface area (Å²) in [6, 6.07) is 9.50. The molecule has 0 unspecified atom stereocenters. The fourth-order valence-electron chi connectivity index (χ4n) is 1.02. The van der Waals surface area contributed by atoms with Gasteiger partial charge in [-0.05, 0) is 33.7 Å². The number of Topliss-reactive ketones (excluding diaryl/α,β-unsaturated/α-hetero) is 1. The summed E-state index contributed by atoms with van der Waals surface area (Å²) >= 11 is 2.38. The van der Waals surface area contributed by atoms with Gasteiger partial charge in [-0.15, -0.1) is 0 Å². The molecule has 0 aliphatic carbocycles. The number of halogens is 1. The molecule has 13 heavy (non-hydrogen) atoms. The third kappa shape index (κ3) is 4.13. The molecular formula is C10H13IOS. The monoisotopic (exact) mass is 308 g/mol. The third-order valence-electron chi connectivity index (χ3n) is 1.57. The van der Waals surface area contributed by atoms with Crippen LogP contribution in [0.15, 0.2) is 30.3 Å². The van der Waals surface area contributed by atoms with Crippen molar-refractivity contribution in [3.05, 3.63) is 35.9 Å². The Morgan fingerprint density at radius 1 is 1.31 bits per heavy atom. The average Bonchev–Trinajstić information content (AvgIpc) is 2.03. The van der Waals surface area contributed by atoms with Crippen molar-refractivity contribution in [2.24, 2.45) is 0 Å². The van der Waals surface area contributed by atoms with Crippen molar-refractivity contribution in [3.63, 3.8) is 0 Å². The summed E-state index contributed by atoms with van der Waals surface area (Å²) in [4.78, 5) is 11.7. The Hall–Kier alpha value is -0.0300. The van der Waals surface area contributed by atoms with E-state index in [0.717, 1.165) is 5.56 Å². The average molecular weight is 308 g/mol. The Bertz CT molecular complexity index is 290. The van der Waals surface area contributed by atoms with Crippen molar-refractivity contribution in [3.8, 4) is 0 Å². The van der Waals surface area contributed by atoms with Gasteiger partial charge in [-0.2, -0.15) is 7.20 Å². The van der Waals surface area contributed by atoms with E-state index in [0.29, 0.717) is 5.75 Å². The van der Waals surface area contributed by atoms with Crippen LogP contribution < -0.4 is 0 Å². The van der Waals surface area contributed by atoms with Crippen molar-refractivity contribution >= 4 is 34.2 Å². The van der Waals surface area contributed by atoms with Crippen molar-refractivity contribution < 1.29 is 4.79 Å². The maximum absolute atomic E-state index is 11.7. The number of carbonyl (C=O) groups excluding carboxylic acids is 1. The summed E-state index contributed by atoms with van der Waals surface area (Å²) in [6.07, 6.45) is 4.29. The molecule has 0 spiro atoms. The van der Waals surface area contributed by atoms with Gasteiger partial charge in [-0.1, -0.05) is 30.3 Å². The van der Waals surface area contributed by atoms with E-state index in [1.54, 1.807) is 0 Å².